The molecule has 0 spiro atoms. The Hall–Kier alpha value is -1.58. The summed E-state index contributed by atoms with van der Waals surface area (Å²) in [6, 6.07) is 0. The summed E-state index contributed by atoms with van der Waals surface area (Å²) in [7, 11) is 0. The molecule has 0 radical (unpaired) electrons. The number of carbonyl (C=O) groups is 2. The minimum absolute atomic E-state index is 0.0502. The first-order chi connectivity index (χ1) is 19.1. The summed E-state index contributed by atoms with van der Waals surface area (Å²) in [6.07, 6.45) is 38.6. The summed E-state index contributed by atoms with van der Waals surface area (Å²) in [4.78, 5) is 23.0. The van der Waals surface area contributed by atoms with Crippen molar-refractivity contribution < 1.29 is 19.4 Å². The first-order valence-corrected chi connectivity index (χ1v) is 16.8. The molecule has 1 unspecified atom stereocenters. The maximum Gasteiger partial charge on any atom is 0.307 e. The molecule has 0 aliphatic rings. The van der Waals surface area contributed by atoms with Crippen LogP contribution >= 0.6 is 0 Å². The molecule has 0 heterocycles. The van der Waals surface area contributed by atoms with Crippen LogP contribution < -0.4 is 0 Å². The molecule has 0 fully saturated rings. The second-order valence-electron chi connectivity index (χ2n) is 11.5. The number of ether oxygens (including phenoxy) is 1. The Morgan fingerprint density at radius 2 is 1.03 bits per heavy atom. The van der Waals surface area contributed by atoms with Gasteiger partial charge in [-0.25, -0.2) is 0 Å². The van der Waals surface area contributed by atoms with Crippen LogP contribution in [0.4, 0.5) is 0 Å². The highest BCUT2D eigenvalue weighted by Gasteiger charge is 2.21. The third-order valence-corrected chi connectivity index (χ3v) is 7.69. The molecule has 4 nitrogen and oxygen atoms in total. The zero-order chi connectivity index (χ0) is 28.7. The second-order valence-corrected chi connectivity index (χ2v) is 11.5. The Morgan fingerprint density at radius 1 is 0.641 bits per heavy atom. The van der Waals surface area contributed by atoms with E-state index in [0.717, 1.165) is 32.1 Å². The fourth-order valence-electron chi connectivity index (χ4n) is 5.13. The van der Waals surface area contributed by atoms with Gasteiger partial charge in [-0.1, -0.05) is 160 Å². The number of carboxylic acid groups (broad SMARTS) is 1. The maximum atomic E-state index is 11.6. The van der Waals surface area contributed by atoms with Gasteiger partial charge < -0.3 is 9.84 Å². The predicted molar refractivity (Wildman–Crippen MR) is 167 cm³/mol. The van der Waals surface area contributed by atoms with Gasteiger partial charge in [0.25, 0.3) is 0 Å². The quantitative estimate of drug-likeness (QED) is 0.0531. The number of allylic oxidation sites excluding steroid dienone is 2. The van der Waals surface area contributed by atoms with Crippen molar-refractivity contribution in [3.63, 3.8) is 0 Å². The summed E-state index contributed by atoms with van der Waals surface area (Å²) >= 11 is 0. The average molecular weight is 549 g/mol. The highest BCUT2D eigenvalue weighted by atomic mass is 16.5. The van der Waals surface area contributed by atoms with Crippen molar-refractivity contribution in [1.29, 1.82) is 0 Å². The van der Waals surface area contributed by atoms with E-state index in [-0.39, 0.29) is 13.0 Å². The van der Waals surface area contributed by atoms with Crippen molar-refractivity contribution in [1.82, 2.24) is 0 Å². The number of rotatable bonds is 31. The Balaban J connectivity index is 3.35. The van der Waals surface area contributed by atoms with Crippen LogP contribution in [0.3, 0.4) is 0 Å². The molecule has 4 heteroatoms. The summed E-state index contributed by atoms with van der Waals surface area (Å²) in [5.74, 6) is -2.01. The van der Waals surface area contributed by atoms with Crippen LogP contribution in [0.2, 0.25) is 0 Å². The minimum atomic E-state index is -0.909. The fraction of sp³-hybridized carbons (Fsp3) is 0.829. The van der Waals surface area contributed by atoms with E-state index >= 15 is 0 Å². The Labute approximate surface area is 242 Å². The number of hydrogen-bond acceptors (Lipinski definition) is 3. The van der Waals surface area contributed by atoms with E-state index < -0.39 is 17.9 Å². The van der Waals surface area contributed by atoms with Crippen LogP contribution in [0.15, 0.2) is 24.8 Å². The standard InChI is InChI=1S/C35H64O4/c1-3-5-6-7-8-9-10-11-12-13-14-15-16-17-18-19-20-21-22-23-24-25-26-27-28-29-30-33(35(37)38)32-34(36)39-31-4-2/h4,23-24,33H,2-3,5-22,25-32H2,1H3,(H,37,38)/b24-23+. The molecule has 0 saturated carbocycles. The zero-order valence-corrected chi connectivity index (χ0v) is 25.8. The molecule has 0 amide bonds. The lowest BCUT2D eigenvalue weighted by atomic mass is 9.97. The van der Waals surface area contributed by atoms with Crippen molar-refractivity contribution in [2.45, 2.75) is 174 Å². The van der Waals surface area contributed by atoms with Gasteiger partial charge in [0.15, 0.2) is 0 Å². The Kier molecular flexibility index (Phi) is 29.7. The normalized spacial score (nSPS) is 12.1. The van der Waals surface area contributed by atoms with Crippen molar-refractivity contribution in [2.24, 2.45) is 5.92 Å². The molecule has 0 saturated heterocycles. The summed E-state index contributed by atoms with van der Waals surface area (Å²) in [5, 5.41) is 9.30. The van der Waals surface area contributed by atoms with Gasteiger partial charge in [0.2, 0.25) is 0 Å². The topological polar surface area (TPSA) is 63.6 Å². The van der Waals surface area contributed by atoms with E-state index in [1.807, 2.05) is 0 Å². The highest BCUT2D eigenvalue weighted by molar-refractivity contribution is 5.78. The van der Waals surface area contributed by atoms with Crippen LogP contribution in [-0.2, 0) is 14.3 Å². The highest BCUT2D eigenvalue weighted by Crippen LogP contribution is 2.17. The van der Waals surface area contributed by atoms with E-state index in [0.29, 0.717) is 6.42 Å². The molecule has 228 valence electrons. The first-order valence-electron chi connectivity index (χ1n) is 16.8. The van der Waals surface area contributed by atoms with Gasteiger partial charge in [0.1, 0.15) is 6.61 Å². The monoisotopic (exact) mass is 548 g/mol. The SMILES string of the molecule is C=CCOC(=O)CC(CCCCCC/C=C/CCCCCCCCCCCCCCCCCCCC)C(=O)O. The van der Waals surface area contributed by atoms with Crippen LogP contribution in [0.5, 0.6) is 0 Å². The van der Waals surface area contributed by atoms with Gasteiger partial charge in [0.05, 0.1) is 12.3 Å². The molecule has 0 aromatic carbocycles. The molecule has 0 aliphatic heterocycles. The average Bonchev–Trinajstić information content (AvgIpc) is 2.93. The van der Waals surface area contributed by atoms with Gasteiger partial charge in [-0.2, -0.15) is 0 Å². The number of esters is 1. The second kappa shape index (κ2) is 31.0. The first kappa shape index (κ1) is 37.4. The van der Waals surface area contributed by atoms with Gasteiger partial charge in [-0.3, -0.25) is 9.59 Å². The van der Waals surface area contributed by atoms with Gasteiger partial charge >= 0.3 is 11.9 Å². The molecule has 0 aromatic rings. The van der Waals surface area contributed by atoms with Crippen LogP contribution in [-0.4, -0.2) is 23.7 Å². The van der Waals surface area contributed by atoms with Crippen molar-refractivity contribution >= 4 is 11.9 Å². The zero-order valence-electron chi connectivity index (χ0n) is 25.8. The van der Waals surface area contributed by atoms with Crippen LogP contribution in [0, 0.1) is 5.92 Å². The van der Waals surface area contributed by atoms with Crippen molar-refractivity contribution in [2.75, 3.05) is 6.61 Å². The summed E-state index contributed by atoms with van der Waals surface area (Å²) in [5.41, 5.74) is 0. The lowest BCUT2D eigenvalue weighted by Crippen LogP contribution is -2.19. The molecule has 0 aliphatic carbocycles. The fourth-order valence-corrected chi connectivity index (χ4v) is 5.13. The molecule has 1 atom stereocenters. The van der Waals surface area contributed by atoms with E-state index in [1.165, 1.54) is 128 Å². The summed E-state index contributed by atoms with van der Waals surface area (Å²) < 4.78 is 4.90. The Morgan fingerprint density at radius 3 is 1.41 bits per heavy atom. The third kappa shape index (κ3) is 29.2. The van der Waals surface area contributed by atoms with E-state index in [1.54, 1.807) is 0 Å². The Bertz CT molecular complexity index is 583. The van der Waals surface area contributed by atoms with E-state index in [9.17, 15) is 14.7 Å². The molecular weight excluding hydrogens is 484 g/mol. The molecule has 1 N–H and O–H groups in total. The molecule has 0 rings (SSSR count). The molecular formula is C35H64O4. The number of unbranched alkanes of at least 4 members (excludes halogenated alkanes) is 22. The molecule has 39 heavy (non-hydrogen) atoms. The smallest absolute Gasteiger partial charge is 0.307 e. The lowest BCUT2D eigenvalue weighted by Gasteiger charge is -2.11. The largest absolute Gasteiger partial charge is 0.481 e. The minimum Gasteiger partial charge on any atom is -0.481 e. The number of aliphatic carboxylic acids is 1. The third-order valence-electron chi connectivity index (χ3n) is 7.69. The van der Waals surface area contributed by atoms with Crippen molar-refractivity contribution in [3.05, 3.63) is 24.8 Å². The predicted octanol–water partition coefficient (Wildman–Crippen LogP) is 11.1. The van der Waals surface area contributed by atoms with Gasteiger partial charge in [0, 0.05) is 0 Å². The maximum absolute atomic E-state index is 11.6. The summed E-state index contributed by atoms with van der Waals surface area (Å²) in [6.45, 7) is 5.92. The van der Waals surface area contributed by atoms with Gasteiger partial charge in [-0.15, -0.1) is 0 Å². The molecule has 0 aromatic heterocycles. The lowest BCUT2D eigenvalue weighted by molar-refractivity contribution is -0.151. The van der Waals surface area contributed by atoms with E-state index in [4.69, 9.17) is 4.74 Å². The number of carboxylic acids is 1. The van der Waals surface area contributed by atoms with Crippen LogP contribution in [0.25, 0.3) is 0 Å². The molecule has 0 bridgehead atoms. The van der Waals surface area contributed by atoms with Crippen LogP contribution in [0.1, 0.15) is 174 Å². The number of hydrogen-bond donors (Lipinski definition) is 1. The number of carbonyl (C=O) groups excluding carboxylic acids is 1. The van der Waals surface area contributed by atoms with Crippen molar-refractivity contribution in [3.8, 4) is 0 Å². The van der Waals surface area contributed by atoms with Gasteiger partial charge in [-0.05, 0) is 32.1 Å². The van der Waals surface area contributed by atoms with E-state index in [2.05, 4.69) is 25.7 Å².